The van der Waals surface area contributed by atoms with Gasteiger partial charge in [-0.25, -0.2) is 4.79 Å². The van der Waals surface area contributed by atoms with Gasteiger partial charge < -0.3 is 15.7 Å². The molecule has 2 amide bonds. The molecule has 3 N–H and O–H groups in total. The van der Waals surface area contributed by atoms with Crippen molar-refractivity contribution in [2.24, 2.45) is 17.8 Å². The van der Waals surface area contributed by atoms with Gasteiger partial charge in [-0.1, -0.05) is 74.5 Å². The average Bonchev–Trinajstić information content (AvgIpc) is 2.84. The van der Waals surface area contributed by atoms with Crippen LogP contribution in [0.4, 0.5) is 0 Å². The summed E-state index contributed by atoms with van der Waals surface area (Å²) in [5, 5.41) is 15.3. The van der Waals surface area contributed by atoms with Crippen molar-refractivity contribution >= 4 is 17.8 Å². The van der Waals surface area contributed by atoms with Crippen LogP contribution in [-0.2, 0) is 27.2 Å². The van der Waals surface area contributed by atoms with Crippen LogP contribution in [-0.4, -0.2) is 35.0 Å². The van der Waals surface area contributed by atoms with Crippen molar-refractivity contribution in [3.05, 3.63) is 71.8 Å². The van der Waals surface area contributed by atoms with E-state index in [1.54, 1.807) is 0 Å². The highest BCUT2D eigenvalue weighted by Gasteiger charge is 2.32. The lowest BCUT2D eigenvalue weighted by Gasteiger charge is -2.31. The van der Waals surface area contributed by atoms with Gasteiger partial charge in [0.15, 0.2) is 0 Å². The zero-order chi connectivity index (χ0) is 24.5. The van der Waals surface area contributed by atoms with Crippen molar-refractivity contribution in [1.82, 2.24) is 10.6 Å². The molecule has 1 fully saturated rings. The average molecular weight is 465 g/mol. The van der Waals surface area contributed by atoms with E-state index in [4.69, 9.17) is 0 Å². The predicted octanol–water partition coefficient (Wildman–Crippen LogP) is 3.99. The van der Waals surface area contributed by atoms with Crippen LogP contribution in [0.5, 0.6) is 0 Å². The molecule has 3 rings (SSSR count). The monoisotopic (exact) mass is 464 g/mol. The third-order valence-electron chi connectivity index (χ3n) is 6.90. The van der Waals surface area contributed by atoms with Gasteiger partial charge in [-0.2, -0.15) is 0 Å². The van der Waals surface area contributed by atoms with Crippen LogP contribution in [0.2, 0.25) is 0 Å². The molecule has 34 heavy (non-hydrogen) atoms. The van der Waals surface area contributed by atoms with Gasteiger partial charge in [0.25, 0.3) is 0 Å². The molecule has 2 aromatic rings. The molecule has 1 saturated carbocycles. The summed E-state index contributed by atoms with van der Waals surface area (Å²) in [6.45, 7) is 4.44. The fraction of sp³-hybridized carbons (Fsp3) is 0.464. The SMILES string of the molecule is CC(C)[C@H]1CC[C@H](C(=O)N[C@H](Cc2ccccc2)C(=O)N[C@H](Cc2ccccc2)C(=O)O)CC1. The van der Waals surface area contributed by atoms with Gasteiger partial charge >= 0.3 is 5.97 Å². The number of nitrogens with one attached hydrogen (secondary N) is 2. The van der Waals surface area contributed by atoms with Gasteiger partial charge in [-0.3, -0.25) is 9.59 Å². The Morgan fingerprint density at radius 3 is 1.76 bits per heavy atom. The van der Waals surface area contributed by atoms with Crippen molar-refractivity contribution in [3.8, 4) is 0 Å². The fourth-order valence-electron chi connectivity index (χ4n) is 4.72. The highest BCUT2D eigenvalue weighted by atomic mass is 16.4. The molecule has 0 radical (unpaired) electrons. The Morgan fingerprint density at radius 1 is 0.794 bits per heavy atom. The van der Waals surface area contributed by atoms with E-state index in [1.807, 2.05) is 60.7 Å². The van der Waals surface area contributed by atoms with Gasteiger partial charge in [-0.05, 0) is 48.6 Å². The summed E-state index contributed by atoms with van der Waals surface area (Å²) in [4.78, 5) is 38.2. The first-order chi connectivity index (χ1) is 16.3. The molecular weight excluding hydrogens is 428 g/mol. The summed E-state index contributed by atoms with van der Waals surface area (Å²) in [5.41, 5.74) is 1.72. The molecule has 6 heteroatoms. The molecule has 0 saturated heterocycles. The maximum Gasteiger partial charge on any atom is 0.326 e. The number of carbonyl (C=O) groups is 3. The van der Waals surface area contributed by atoms with Crippen molar-refractivity contribution in [2.75, 3.05) is 0 Å². The van der Waals surface area contributed by atoms with E-state index in [0.717, 1.165) is 36.8 Å². The number of rotatable bonds is 10. The number of hydrogen-bond acceptors (Lipinski definition) is 3. The van der Waals surface area contributed by atoms with E-state index in [2.05, 4.69) is 24.5 Å². The van der Waals surface area contributed by atoms with Gasteiger partial charge in [0.05, 0.1) is 0 Å². The maximum absolute atomic E-state index is 13.2. The third-order valence-corrected chi connectivity index (χ3v) is 6.90. The Balaban J connectivity index is 1.69. The standard InChI is InChI=1S/C28H36N2O4/c1-19(2)22-13-15-23(16-14-22)26(31)29-24(17-20-9-5-3-6-10-20)27(32)30-25(28(33)34)18-21-11-7-4-8-12-21/h3-12,19,22-25H,13-18H2,1-2H3,(H,29,31)(H,30,32)(H,33,34)/t22-,23-,24-,25-/m1/s1. The second-order valence-corrected chi connectivity index (χ2v) is 9.70. The normalized spacial score (nSPS) is 19.7. The molecule has 182 valence electrons. The number of amides is 2. The molecule has 0 unspecified atom stereocenters. The number of carboxylic acids is 1. The molecule has 0 heterocycles. The molecular formula is C28H36N2O4. The third kappa shape index (κ3) is 7.44. The largest absolute Gasteiger partial charge is 0.480 e. The highest BCUT2D eigenvalue weighted by Crippen LogP contribution is 2.33. The lowest BCUT2D eigenvalue weighted by atomic mass is 9.76. The Bertz CT molecular complexity index is 937. The summed E-state index contributed by atoms with van der Waals surface area (Å²) < 4.78 is 0. The van der Waals surface area contributed by atoms with E-state index in [-0.39, 0.29) is 18.2 Å². The smallest absolute Gasteiger partial charge is 0.326 e. The van der Waals surface area contributed by atoms with Crippen LogP contribution in [0, 0.1) is 17.8 Å². The van der Waals surface area contributed by atoms with E-state index in [0.29, 0.717) is 18.3 Å². The number of carbonyl (C=O) groups excluding carboxylic acids is 2. The summed E-state index contributed by atoms with van der Waals surface area (Å²) >= 11 is 0. The molecule has 6 nitrogen and oxygen atoms in total. The first-order valence-corrected chi connectivity index (χ1v) is 12.2. The van der Waals surface area contributed by atoms with Gasteiger partial charge in [-0.15, -0.1) is 0 Å². The number of benzene rings is 2. The van der Waals surface area contributed by atoms with Crippen molar-refractivity contribution < 1.29 is 19.5 Å². The van der Waals surface area contributed by atoms with Crippen LogP contribution in [0.15, 0.2) is 60.7 Å². The number of aliphatic carboxylic acids is 1. The van der Waals surface area contributed by atoms with Crippen LogP contribution in [0.25, 0.3) is 0 Å². The minimum Gasteiger partial charge on any atom is -0.480 e. The van der Waals surface area contributed by atoms with E-state index < -0.39 is 24.0 Å². The number of carboxylic acid groups (broad SMARTS) is 1. The zero-order valence-electron chi connectivity index (χ0n) is 20.1. The summed E-state index contributed by atoms with van der Waals surface area (Å²) in [6, 6.07) is 16.7. The maximum atomic E-state index is 13.2. The van der Waals surface area contributed by atoms with Crippen molar-refractivity contribution in [2.45, 2.75) is 64.5 Å². The molecule has 2 aromatic carbocycles. The second kappa shape index (κ2) is 12.4. The second-order valence-electron chi connectivity index (χ2n) is 9.70. The highest BCUT2D eigenvalue weighted by molar-refractivity contribution is 5.91. The molecule has 0 aliphatic heterocycles. The van der Waals surface area contributed by atoms with E-state index in [1.165, 1.54) is 0 Å². The zero-order valence-corrected chi connectivity index (χ0v) is 20.1. The lowest BCUT2D eigenvalue weighted by Crippen LogP contribution is -2.54. The minimum absolute atomic E-state index is 0.110. The van der Waals surface area contributed by atoms with Crippen LogP contribution in [0.1, 0.15) is 50.7 Å². The predicted molar refractivity (Wildman–Crippen MR) is 132 cm³/mol. The van der Waals surface area contributed by atoms with Gasteiger partial charge in [0.2, 0.25) is 11.8 Å². The van der Waals surface area contributed by atoms with Gasteiger partial charge in [0, 0.05) is 18.8 Å². The van der Waals surface area contributed by atoms with E-state index in [9.17, 15) is 19.5 Å². The quantitative estimate of drug-likeness (QED) is 0.495. The molecule has 2 atom stereocenters. The summed E-state index contributed by atoms with van der Waals surface area (Å²) in [6.07, 6.45) is 4.15. The molecule has 0 spiro atoms. The topological polar surface area (TPSA) is 95.5 Å². The van der Waals surface area contributed by atoms with Crippen molar-refractivity contribution in [1.29, 1.82) is 0 Å². The minimum atomic E-state index is -1.10. The summed E-state index contributed by atoms with van der Waals surface area (Å²) in [5.74, 6) is -0.556. The Hall–Kier alpha value is -3.15. The fourth-order valence-corrected chi connectivity index (χ4v) is 4.72. The molecule has 0 aromatic heterocycles. The molecule has 1 aliphatic rings. The Morgan fingerprint density at radius 2 is 1.29 bits per heavy atom. The summed E-state index contributed by atoms with van der Waals surface area (Å²) in [7, 11) is 0. The molecule has 1 aliphatic carbocycles. The van der Waals surface area contributed by atoms with Crippen molar-refractivity contribution in [3.63, 3.8) is 0 Å². The first kappa shape index (κ1) is 25.5. The lowest BCUT2D eigenvalue weighted by molar-refractivity contribution is -0.142. The van der Waals surface area contributed by atoms with Crippen LogP contribution in [0.3, 0.4) is 0 Å². The Labute approximate surface area is 202 Å². The molecule has 0 bridgehead atoms. The van der Waals surface area contributed by atoms with Gasteiger partial charge in [0.1, 0.15) is 12.1 Å². The van der Waals surface area contributed by atoms with Crippen LogP contribution >= 0.6 is 0 Å². The first-order valence-electron chi connectivity index (χ1n) is 12.2. The van der Waals surface area contributed by atoms with Crippen LogP contribution < -0.4 is 10.6 Å². The number of hydrogen-bond donors (Lipinski definition) is 3. The van der Waals surface area contributed by atoms with E-state index >= 15 is 0 Å². The Kier molecular flexibility index (Phi) is 9.25.